The van der Waals surface area contributed by atoms with Gasteiger partial charge in [-0.1, -0.05) is 12.1 Å². The quantitative estimate of drug-likeness (QED) is 0.302. The molecule has 1 aliphatic carbocycles. The van der Waals surface area contributed by atoms with Crippen LogP contribution in [0.15, 0.2) is 45.1 Å². The molecular formula is C20H17F3N8O2S. The number of hydrogen-bond acceptors (Lipinski definition) is 8. The summed E-state index contributed by atoms with van der Waals surface area (Å²) < 4.78 is 39.0. The van der Waals surface area contributed by atoms with Gasteiger partial charge in [0.05, 0.1) is 12.2 Å². The van der Waals surface area contributed by atoms with Gasteiger partial charge >= 0.3 is 11.2 Å². The minimum atomic E-state index is -4.34. The maximum atomic E-state index is 12.5. The lowest BCUT2D eigenvalue weighted by molar-refractivity contribution is -0.0328. The highest BCUT2D eigenvalue weighted by atomic mass is 32.2. The number of imidazole rings is 1. The fraction of sp³-hybridized carbons (Fsp3) is 0.250. The van der Waals surface area contributed by atoms with E-state index < -0.39 is 11.2 Å². The molecule has 0 bridgehead atoms. The van der Waals surface area contributed by atoms with E-state index in [1.165, 1.54) is 28.9 Å². The number of H-pyrrole nitrogens is 2. The number of nitrogens with one attached hydrogen (secondary N) is 3. The number of aromatic amines is 2. The Morgan fingerprint density at radius 1 is 1.24 bits per heavy atom. The van der Waals surface area contributed by atoms with Crippen LogP contribution in [-0.2, 0) is 6.54 Å². The van der Waals surface area contributed by atoms with Gasteiger partial charge in [-0.05, 0) is 48.4 Å². The fourth-order valence-corrected chi connectivity index (χ4v) is 3.69. The van der Waals surface area contributed by atoms with E-state index in [4.69, 9.17) is 0 Å². The van der Waals surface area contributed by atoms with Crippen LogP contribution >= 0.6 is 11.8 Å². The van der Waals surface area contributed by atoms with Gasteiger partial charge < -0.3 is 15.4 Å². The Balaban J connectivity index is 1.46. The molecule has 0 atom stereocenters. The van der Waals surface area contributed by atoms with Crippen molar-refractivity contribution in [3.05, 3.63) is 63.0 Å². The van der Waals surface area contributed by atoms with Crippen molar-refractivity contribution in [1.29, 1.82) is 0 Å². The number of benzene rings is 1. The first-order valence-electron chi connectivity index (χ1n) is 10.1. The number of halogens is 3. The van der Waals surface area contributed by atoms with Crippen LogP contribution < -0.4 is 21.8 Å². The van der Waals surface area contributed by atoms with Gasteiger partial charge in [-0.3, -0.25) is 4.98 Å². The largest absolute Gasteiger partial charge is 0.493 e. The average Bonchev–Trinajstić information content (AvgIpc) is 3.40. The van der Waals surface area contributed by atoms with E-state index in [-0.39, 0.29) is 46.8 Å². The van der Waals surface area contributed by atoms with Crippen molar-refractivity contribution in [2.75, 3.05) is 5.32 Å². The van der Waals surface area contributed by atoms with Gasteiger partial charge in [-0.15, -0.1) is 0 Å². The van der Waals surface area contributed by atoms with Crippen LogP contribution in [0.1, 0.15) is 24.1 Å². The summed E-state index contributed by atoms with van der Waals surface area (Å²) in [7, 11) is 0. The van der Waals surface area contributed by atoms with Gasteiger partial charge in [0.25, 0.3) is 5.62 Å². The van der Waals surface area contributed by atoms with Crippen LogP contribution in [0.5, 0.6) is 5.88 Å². The Morgan fingerprint density at radius 3 is 2.65 bits per heavy atom. The molecule has 10 nitrogen and oxygen atoms in total. The van der Waals surface area contributed by atoms with Crippen LogP contribution in [0, 0.1) is 0 Å². The lowest BCUT2D eigenvalue weighted by Crippen LogP contribution is -2.24. The molecule has 1 saturated carbocycles. The molecule has 14 heteroatoms. The van der Waals surface area contributed by atoms with E-state index in [1.54, 1.807) is 12.1 Å². The van der Waals surface area contributed by atoms with Gasteiger partial charge in [0.2, 0.25) is 11.8 Å². The van der Waals surface area contributed by atoms with Crippen molar-refractivity contribution in [1.82, 2.24) is 29.5 Å². The zero-order valence-electron chi connectivity index (χ0n) is 17.3. The van der Waals surface area contributed by atoms with Gasteiger partial charge in [-0.25, -0.2) is 9.79 Å². The number of alkyl halides is 3. The Bertz CT molecular complexity index is 1520. The second-order valence-electron chi connectivity index (χ2n) is 7.57. The van der Waals surface area contributed by atoms with E-state index >= 15 is 0 Å². The standard InChI is InChI=1S/C20H17F3N8O2S/c21-20(22,23)34-13-5-1-10(2-6-13)8-24-17-28-15-11(7-14-16(32)29-19(33)27-14)9-25-31(15)18(30-17)26-12-3-4-12/h1-2,5-7,9,12,32H,3-4,8H2,(H,24,26,30)(H2,27,29,33). The van der Waals surface area contributed by atoms with E-state index in [1.807, 2.05) is 0 Å². The van der Waals surface area contributed by atoms with Gasteiger partial charge in [0.1, 0.15) is 5.69 Å². The van der Waals surface area contributed by atoms with E-state index in [9.17, 15) is 23.1 Å². The maximum Gasteiger partial charge on any atom is 0.446 e. The lowest BCUT2D eigenvalue weighted by Gasteiger charge is -2.08. The number of thioether (sulfide) groups is 1. The van der Waals surface area contributed by atoms with Crippen LogP contribution in [-0.4, -0.2) is 46.2 Å². The van der Waals surface area contributed by atoms with Gasteiger partial charge in [0, 0.05) is 16.7 Å². The predicted octanol–water partition coefficient (Wildman–Crippen LogP) is 1.68. The highest BCUT2D eigenvalue weighted by molar-refractivity contribution is 8.00. The molecule has 0 radical (unpaired) electrons. The summed E-state index contributed by atoms with van der Waals surface area (Å²) in [4.78, 5) is 29.7. The van der Waals surface area contributed by atoms with E-state index in [0.29, 0.717) is 16.5 Å². The van der Waals surface area contributed by atoms with Crippen molar-refractivity contribution < 1.29 is 18.3 Å². The molecule has 0 unspecified atom stereocenters. The Kier molecular flexibility index (Phi) is 5.51. The summed E-state index contributed by atoms with van der Waals surface area (Å²) in [5.41, 5.74) is -3.24. The summed E-state index contributed by atoms with van der Waals surface area (Å²) in [6, 6.07) is 6.16. The third-order valence-electron chi connectivity index (χ3n) is 4.87. The summed E-state index contributed by atoms with van der Waals surface area (Å²) in [6.07, 6.45) is 4.94. The first kappa shape index (κ1) is 22.0. The minimum Gasteiger partial charge on any atom is -0.493 e. The van der Waals surface area contributed by atoms with Crippen molar-refractivity contribution >= 4 is 29.4 Å². The molecule has 0 amide bonds. The average molecular weight is 490 g/mol. The van der Waals surface area contributed by atoms with Crippen LogP contribution in [0.4, 0.5) is 19.1 Å². The topological polar surface area (TPSA) is 136 Å². The molecule has 0 spiro atoms. The maximum absolute atomic E-state index is 12.5. The monoisotopic (exact) mass is 490 g/mol. The molecule has 0 saturated heterocycles. The summed E-state index contributed by atoms with van der Waals surface area (Å²) in [5.74, 6) is -0.0608. The van der Waals surface area contributed by atoms with Gasteiger partial charge in [0.15, 0.2) is 5.65 Å². The molecule has 5 rings (SSSR count). The smallest absolute Gasteiger partial charge is 0.446 e. The van der Waals surface area contributed by atoms with E-state index in [2.05, 4.69) is 35.3 Å². The zero-order valence-corrected chi connectivity index (χ0v) is 18.1. The van der Waals surface area contributed by atoms with Crippen molar-refractivity contribution in [2.45, 2.75) is 35.8 Å². The molecular weight excluding hydrogens is 473 g/mol. The number of aromatic hydroxyl groups is 1. The Labute approximate surface area is 192 Å². The minimum absolute atomic E-state index is 0.102. The normalized spacial score (nSPS) is 15.4. The zero-order chi connectivity index (χ0) is 23.9. The summed E-state index contributed by atoms with van der Waals surface area (Å²) in [5, 5.41) is 17.7. The SMILES string of the molecule is O=c1[nH]c(O)c(C=c2cnn3c(=NC4CC4)nc(NCc4ccc(SC(F)(F)F)cc4)nc23)[nH]1. The molecule has 3 heterocycles. The second kappa shape index (κ2) is 8.52. The number of nitrogens with zero attached hydrogens (tertiary/aromatic N) is 5. The molecule has 4 aromatic rings. The van der Waals surface area contributed by atoms with Crippen LogP contribution in [0.2, 0.25) is 0 Å². The van der Waals surface area contributed by atoms with Crippen LogP contribution in [0.25, 0.3) is 11.7 Å². The molecule has 3 aromatic heterocycles. The molecule has 1 aromatic carbocycles. The third kappa shape index (κ3) is 5.06. The first-order valence-corrected chi connectivity index (χ1v) is 11.0. The third-order valence-corrected chi connectivity index (χ3v) is 5.61. The molecule has 0 aliphatic heterocycles. The molecule has 34 heavy (non-hydrogen) atoms. The van der Waals surface area contributed by atoms with Crippen molar-refractivity contribution in [2.24, 2.45) is 4.99 Å². The predicted molar refractivity (Wildman–Crippen MR) is 117 cm³/mol. The Hall–Kier alpha value is -3.81. The van der Waals surface area contributed by atoms with Crippen LogP contribution in [0.3, 0.4) is 0 Å². The molecule has 176 valence electrons. The van der Waals surface area contributed by atoms with Crippen molar-refractivity contribution in [3.63, 3.8) is 0 Å². The number of hydrogen-bond donors (Lipinski definition) is 4. The number of fused-ring (bicyclic) bond motifs is 1. The highest BCUT2D eigenvalue weighted by Crippen LogP contribution is 2.36. The molecule has 1 aliphatic rings. The summed E-state index contributed by atoms with van der Waals surface area (Å²) in [6.45, 7) is 0.273. The van der Waals surface area contributed by atoms with Gasteiger partial charge in [-0.2, -0.15) is 32.8 Å². The Morgan fingerprint density at radius 2 is 2.00 bits per heavy atom. The molecule has 1 fully saturated rings. The summed E-state index contributed by atoms with van der Waals surface area (Å²) >= 11 is -0.168. The number of anilines is 1. The van der Waals surface area contributed by atoms with E-state index in [0.717, 1.165) is 18.4 Å². The number of aromatic nitrogens is 6. The fourth-order valence-electron chi connectivity index (χ4n) is 3.15. The lowest BCUT2D eigenvalue weighted by atomic mass is 10.2. The van der Waals surface area contributed by atoms with Crippen molar-refractivity contribution in [3.8, 4) is 5.88 Å². The number of rotatable bonds is 6. The molecule has 4 N–H and O–H groups in total. The first-order chi connectivity index (χ1) is 16.2. The second-order valence-corrected chi connectivity index (χ2v) is 8.71. The highest BCUT2D eigenvalue weighted by Gasteiger charge is 2.29.